The molecule has 0 fully saturated rings. The molecule has 1 aliphatic rings. The van der Waals surface area contributed by atoms with Crippen LogP contribution >= 0.6 is 11.3 Å². The van der Waals surface area contributed by atoms with Gasteiger partial charge in [-0.3, -0.25) is 4.79 Å². The summed E-state index contributed by atoms with van der Waals surface area (Å²) in [5.41, 5.74) is 1.04. The first kappa shape index (κ1) is 20.7. The Morgan fingerprint density at radius 2 is 2.07 bits per heavy atom. The van der Waals surface area contributed by atoms with Crippen LogP contribution in [0.2, 0.25) is 0 Å². The maximum absolute atomic E-state index is 12.3. The fraction of sp³-hybridized carbons (Fsp3) is 0.444. The van der Waals surface area contributed by atoms with Crippen LogP contribution in [0.3, 0.4) is 0 Å². The summed E-state index contributed by atoms with van der Waals surface area (Å²) in [5, 5.41) is 3.33. The average molecular weight is 425 g/mol. The molecule has 2 aromatic rings. The number of carbonyl (C=O) groups excluding carboxylic acids is 1. The zero-order valence-corrected chi connectivity index (χ0v) is 17.5. The number of hydrogen-bond acceptors (Lipinski definition) is 7. The van der Waals surface area contributed by atoms with E-state index in [0.29, 0.717) is 17.5 Å². The van der Waals surface area contributed by atoms with Gasteiger partial charge >= 0.3 is 0 Å². The van der Waals surface area contributed by atoms with Crippen molar-refractivity contribution in [1.29, 1.82) is 0 Å². The van der Waals surface area contributed by atoms with Gasteiger partial charge in [-0.15, -0.1) is 11.3 Å². The van der Waals surface area contributed by atoms with Crippen LogP contribution in [-0.4, -0.2) is 51.0 Å². The van der Waals surface area contributed by atoms with Crippen molar-refractivity contribution in [2.45, 2.75) is 31.2 Å². The van der Waals surface area contributed by atoms with E-state index in [4.69, 9.17) is 4.74 Å². The Kier molecular flexibility index (Phi) is 6.65. The molecule has 3 rings (SSSR count). The Balaban J connectivity index is 1.49. The van der Waals surface area contributed by atoms with Gasteiger partial charge in [0.25, 0.3) is 0 Å². The fourth-order valence-corrected chi connectivity index (χ4v) is 4.96. The van der Waals surface area contributed by atoms with Crippen LogP contribution in [0, 0.1) is 0 Å². The van der Waals surface area contributed by atoms with Gasteiger partial charge in [0.2, 0.25) is 15.9 Å². The van der Waals surface area contributed by atoms with E-state index in [1.165, 1.54) is 28.3 Å². The maximum atomic E-state index is 12.3. The van der Waals surface area contributed by atoms with Gasteiger partial charge in [0.15, 0.2) is 5.13 Å². The number of carbonyl (C=O) groups is 1. The molecular weight excluding hydrogens is 400 g/mol. The molecule has 0 radical (unpaired) electrons. The Hall–Kier alpha value is -2.01. The van der Waals surface area contributed by atoms with E-state index in [0.717, 1.165) is 25.2 Å². The summed E-state index contributed by atoms with van der Waals surface area (Å²) < 4.78 is 32.4. The molecule has 0 saturated heterocycles. The van der Waals surface area contributed by atoms with Crippen LogP contribution in [0.15, 0.2) is 29.2 Å². The quantitative estimate of drug-likeness (QED) is 0.671. The highest BCUT2D eigenvalue weighted by Crippen LogP contribution is 2.27. The van der Waals surface area contributed by atoms with Crippen molar-refractivity contribution in [3.8, 4) is 5.75 Å². The molecule has 2 heterocycles. The van der Waals surface area contributed by atoms with Crippen molar-refractivity contribution in [1.82, 2.24) is 14.6 Å². The van der Waals surface area contributed by atoms with Crippen LogP contribution in [0.5, 0.6) is 5.75 Å². The molecule has 8 nitrogen and oxygen atoms in total. The van der Waals surface area contributed by atoms with E-state index in [2.05, 4.69) is 27.0 Å². The second-order valence-electron chi connectivity index (χ2n) is 6.48. The first-order valence-corrected chi connectivity index (χ1v) is 11.4. The van der Waals surface area contributed by atoms with Crippen molar-refractivity contribution < 1.29 is 17.9 Å². The summed E-state index contributed by atoms with van der Waals surface area (Å²) in [4.78, 5) is 20.1. The predicted molar refractivity (Wildman–Crippen MR) is 108 cm³/mol. The van der Waals surface area contributed by atoms with Crippen LogP contribution in [0.25, 0.3) is 0 Å². The second kappa shape index (κ2) is 8.99. The first-order chi connectivity index (χ1) is 13.4. The fourth-order valence-electron chi connectivity index (χ4n) is 2.82. The topological polar surface area (TPSA) is 101 Å². The number of aromatic nitrogens is 1. The summed E-state index contributed by atoms with van der Waals surface area (Å²) in [6.45, 7) is 4.17. The van der Waals surface area contributed by atoms with E-state index < -0.39 is 10.0 Å². The van der Waals surface area contributed by atoms with Gasteiger partial charge in [-0.2, -0.15) is 0 Å². The van der Waals surface area contributed by atoms with Crippen molar-refractivity contribution in [3.63, 3.8) is 0 Å². The molecule has 0 atom stereocenters. The Morgan fingerprint density at radius 3 is 2.79 bits per heavy atom. The number of nitrogens with one attached hydrogen (secondary N) is 2. The Labute approximate surface area is 169 Å². The van der Waals surface area contributed by atoms with Gasteiger partial charge < -0.3 is 15.0 Å². The van der Waals surface area contributed by atoms with E-state index in [-0.39, 0.29) is 23.8 Å². The van der Waals surface area contributed by atoms with Crippen molar-refractivity contribution in [3.05, 3.63) is 34.8 Å². The zero-order valence-electron chi connectivity index (χ0n) is 15.9. The number of benzene rings is 1. The number of amides is 1. The molecule has 1 aliphatic heterocycles. The van der Waals surface area contributed by atoms with Crippen molar-refractivity contribution in [2.24, 2.45) is 0 Å². The van der Waals surface area contributed by atoms with Crippen LogP contribution in [0.4, 0.5) is 5.13 Å². The monoisotopic (exact) mass is 424 g/mol. The molecule has 152 valence electrons. The third-order valence-electron chi connectivity index (χ3n) is 4.26. The van der Waals surface area contributed by atoms with Crippen LogP contribution < -0.4 is 14.8 Å². The number of nitrogens with zero attached hydrogens (tertiary/aromatic N) is 2. The second-order valence-corrected chi connectivity index (χ2v) is 9.33. The Bertz CT molecular complexity index is 926. The highest BCUT2D eigenvalue weighted by Gasteiger charge is 2.19. The van der Waals surface area contributed by atoms with Crippen LogP contribution in [-0.2, 0) is 27.8 Å². The number of likely N-dealkylation sites (N-methyl/N-ethyl adjacent to an activating group) is 1. The summed E-state index contributed by atoms with van der Waals surface area (Å²) >= 11 is 1.47. The lowest BCUT2D eigenvalue weighted by Gasteiger charge is -2.20. The minimum Gasteiger partial charge on any atom is -0.494 e. The summed E-state index contributed by atoms with van der Waals surface area (Å²) in [6.07, 6.45) is 0.903. The van der Waals surface area contributed by atoms with Crippen LogP contribution in [0.1, 0.15) is 23.9 Å². The SMILES string of the molecule is CCOc1ccc(S(=O)(=O)NCCC(=O)Nc2nc3c(s2)CN(C)CC3)cc1. The minimum atomic E-state index is -3.67. The standard InChI is InChI=1S/C18H24N4O4S2/c1-3-26-13-4-6-14(7-5-13)28(24,25)19-10-8-17(23)21-18-20-15-9-11-22(2)12-16(15)27-18/h4-7,19H,3,8-12H2,1-2H3,(H,20,21,23). The molecule has 1 aromatic carbocycles. The Morgan fingerprint density at radius 1 is 1.32 bits per heavy atom. The molecule has 28 heavy (non-hydrogen) atoms. The molecule has 10 heteroatoms. The lowest BCUT2D eigenvalue weighted by molar-refractivity contribution is -0.116. The van der Waals surface area contributed by atoms with Gasteiger partial charge in [0.05, 0.1) is 17.2 Å². The largest absolute Gasteiger partial charge is 0.494 e. The molecule has 0 bridgehead atoms. The molecule has 0 spiro atoms. The van der Waals surface area contributed by atoms with E-state index in [1.54, 1.807) is 12.1 Å². The summed E-state index contributed by atoms with van der Waals surface area (Å²) in [7, 11) is -1.62. The highest BCUT2D eigenvalue weighted by molar-refractivity contribution is 7.89. The van der Waals surface area contributed by atoms with Crippen molar-refractivity contribution >= 4 is 32.4 Å². The van der Waals surface area contributed by atoms with E-state index in [9.17, 15) is 13.2 Å². The lowest BCUT2D eigenvalue weighted by Crippen LogP contribution is -2.27. The van der Waals surface area contributed by atoms with Gasteiger partial charge in [-0.25, -0.2) is 18.1 Å². The molecule has 0 aliphatic carbocycles. The zero-order chi connectivity index (χ0) is 20.1. The number of ether oxygens (including phenoxy) is 1. The van der Waals surface area contributed by atoms with Gasteiger partial charge in [-0.1, -0.05) is 0 Å². The third-order valence-corrected chi connectivity index (χ3v) is 6.73. The molecule has 1 aromatic heterocycles. The molecule has 0 unspecified atom stereocenters. The predicted octanol–water partition coefficient (Wildman–Crippen LogP) is 1.84. The first-order valence-electron chi connectivity index (χ1n) is 9.07. The lowest BCUT2D eigenvalue weighted by atomic mass is 10.2. The molecule has 2 N–H and O–H groups in total. The van der Waals surface area contributed by atoms with Gasteiger partial charge in [0.1, 0.15) is 5.75 Å². The number of fused-ring (bicyclic) bond motifs is 1. The normalized spacial score (nSPS) is 14.5. The third kappa shape index (κ3) is 5.28. The number of hydrogen-bond donors (Lipinski definition) is 2. The average Bonchev–Trinajstić information content (AvgIpc) is 3.03. The highest BCUT2D eigenvalue weighted by atomic mass is 32.2. The number of rotatable bonds is 8. The van der Waals surface area contributed by atoms with Gasteiger partial charge in [-0.05, 0) is 38.2 Å². The minimum absolute atomic E-state index is 0.00913. The summed E-state index contributed by atoms with van der Waals surface area (Å²) in [5.74, 6) is 0.340. The smallest absolute Gasteiger partial charge is 0.240 e. The molecule has 1 amide bonds. The van der Waals surface area contributed by atoms with E-state index >= 15 is 0 Å². The summed E-state index contributed by atoms with van der Waals surface area (Å²) in [6, 6.07) is 6.16. The maximum Gasteiger partial charge on any atom is 0.240 e. The number of sulfonamides is 1. The molecule has 0 saturated carbocycles. The van der Waals surface area contributed by atoms with E-state index in [1.807, 2.05) is 6.92 Å². The van der Waals surface area contributed by atoms with Gasteiger partial charge in [0, 0.05) is 37.4 Å². The molecular formula is C18H24N4O4S2. The number of thiazole rings is 1. The number of anilines is 1. The van der Waals surface area contributed by atoms with Crippen molar-refractivity contribution in [2.75, 3.05) is 32.1 Å².